The number of primary sulfonamides is 1. The number of hydrogen-bond acceptors (Lipinski definition) is 7. The zero-order valence-electron chi connectivity index (χ0n) is 16.7. The number of ether oxygens (including phenoxy) is 1. The second-order valence-corrected chi connectivity index (χ2v) is 9.99. The number of nitrogens with two attached hydrogens (primary N) is 1. The normalized spacial score (nSPS) is 12.3. The first-order valence-corrected chi connectivity index (χ1v) is 12.7. The maximum absolute atomic E-state index is 12.5. The summed E-state index contributed by atoms with van der Waals surface area (Å²) in [6.45, 7) is 2.24. The van der Waals surface area contributed by atoms with Gasteiger partial charge in [0.15, 0.2) is 4.80 Å². The number of benzene rings is 2. The average Bonchev–Trinajstić information content (AvgIpc) is 3.07. The number of fused-ring (bicyclic) bond motifs is 1. The van der Waals surface area contributed by atoms with Crippen molar-refractivity contribution in [1.82, 2.24) is 4.57 Å². The van der Waals surface area contributed by atoms with Gasteiger partial charge in [0.1, 0.15) is 0 Å². The van der Waals surface area contributed by atoms with Crippen molar-refractivity contribution < 1.29 is 22.7 Å². The van der Waals surface area contributed by atoms with Crippen LogP contribution in [0.4, 0.5) is 0 Å². The summed E-state index contributed by atoms with van der Waals surface area (Å²) in [5.41, 5.74) is 0.656. The zero-order chi connectivity index (χ0) is 22.4. The fourth-order valence-electron chi connectivity index (χ4n) is 2.77. The molecule has 31 heavy (non-hydrogen) atoms. The van der Waals surface area contributed by atoms with Gasteiger partial charge in [0.2, 0.25) is 10.0 Å². The Morgan fingerprint density at radius 1 is 1.19 bits per heavy atom. The number of carbonyl (C=O) groups excluding carboxylic acids is 2. The third-order valence-corrected chi connectivity index (χ3v) is 7.10. The van der Waals surface area contributed by atoms with Crippen LogP contribution in [0.1, 0.15) is 13.3 Å². The van der Waals surface area contributed by atoms with Gasteiger partial charge in [0.25, 0.3) is 5.91 Å². The summed E-state index contributed by atoms with van der Waals surface area (Å²) in [6.07, 6.45) is 0.0940. The van der Waals surface area contributed by atoms with Crippen LogP contribution >= 0.6 is 23.1 Å². The highest BCUT2D eigenvalue weighted by molar-refractivity contribution is 8.00. The van der Waals surface area contributed by atoms with Gasteiger partial charge in [0.05, 0.1) is 33.9 Å². The van der Waals surface area contributed by atoms with Crippen LogP contribution in [0.5, 0.6) is 0 Å². The second kappa shape index (κ2) is 10.2. The van der Waals surface area contributed by atoms with Crippen LogP contribution in [0, 0.1) is 0 Å². The summed E-state index contributed by atoms with van der Waals surface area (Å²) >= 11 is 2.54. The van der Waals surface area contributed by atoms with Gasteiger partial charge in [-0.3, -0.25) is 9.59 Å². The van der Waals surface area contributed by atoms with E-state index in [0.29, 0.717) is 15.0 Å². The Hall–Kier alpha value is -2.47. The van der Waals surface area contributed by atoms with Crippen LogP contribution in [0.2, 0.25) is 0 Å². The first kappa shape index (κ1) is 23.2. The molecule has 2 N–H and O–H groups in total. The summed E-state index contributed by atoms with van der Waals surface area (Å²) in [7, 11) is -3.87. The average molecular weight is 480 g/mol. The lowest BCUT2D eigenvalue weighted by molar-refractivity contribution is -0.143. The van der Waals surface area contributed by atoms with Crippen molar-refractivity contribution in [1.29, 1.82) is 0 Å². The van der Waals surface area contributed by atoms with E-state index in [1.54, 1.807) is 17.6 Å². The lowest BCUT2D eigenvalue weighted by Crippen LogP contribution is -2.20. The number of esters is 1. The molecule has 3 aromatic rings. The molecule has 0 aliphatic rings. The van der Waals surface area contributed by atoms with Crippen molar-refractivity contribution >= 4 is 55.2 Å². The molecule has 1 amide bonds. The third kappa shape index (κ3) is 6.26. The molecule has 8 nitrogen and oxygen atoms in total. The molecule has 0 saturated carbocycles. The lowest BCUT2D eigenvalue weighted by Gasteiger charge is -2.06. The summed E-state index contributed by atoms with van der Waals surface area (Å²) in [5, 5.41) is 5.23. The predicted molar refractivity (Wildman–Crippen MR) is 120 cm³/mol. The van der Waals surface area contributed by atoms with Crippen LogP contribution in [0.15, 0.2) is 63.3 Å². The Morgan fingerprint density at radius 2 is 1.94 bits per heavy atom. The molecule has 0 bridgehead atoms. The number of aromatic nitrogens is 1. The highest BCUT2D eigenvalue weighted by atomic mass is 32.2. The number of nitrogens with zero attached hydrogens (tertiary/aromatic N) is 2. The van der Waals surface area contributed by atoms with Crippen molar-refractivity contribution in [2.45, 2.75) is 29.7 Å². The number of thiazole rings is 1. The number of thioether (sulfide) groups is 1. The van der Waals surface area contributed by atoms with Gasteiger partial charge in [-0.05, 0) is 37.3 Å². The summed E-state index contributed by atoms with van der Waals surface area (Å²) in [6, 6.07) is 13.9. The molecule has 2 aromatic carbocycles. The highest BCUT2D eigenvalue weighted by Gasteiger charge is 2.14. The smallest absolute Gasteiger partial charge is 0.307 e. The Labute approximate surface area is 187 Å². The first-order valence-electron chi connectivity index (χ1n) is 9.35. The van der Waals surface area contributed by atoms with Gasteiger partial charge in [0, 0.05) is 11.4 Å². The van der Waals surface area contributed by atoms with Gasteiger partial charge in [-0.1, -0.05) is 29.5 Å². The molecule has 164 valence electrons. The molecular weight excluding hydrogens is 458 g/mol. The second-order valence-electron chi connectivity index (χ2n) is 6.37. The fraction of sp³-hybridized carbons (Fsp3) is 0.250. The SMILES string of the molecule is CCOC(=O)CCn1c(=NC(=O)CSc2ccccc2)sc2cc(S(N)(=O)=O)ccc21. The van der Waals surface area contributed by atoms with E-state index in [2.05, 4.69) is 4.99 Å². The number of sulfonamides is 1. The highest BCUT2D eigenvalue weighted by Crippen LogP contribution is 2.22. The van der Waals surface area contributed by atoms with E-state index >= 15 is 0 Å². The Kier molecular flexibility index (Phi) is 7.65. The van der Waals surface area contributed by atoms with E-state index in [1.807, 2.05) is 30.3 Å². The van der Waals surface area contributed by atoms with E-state index in [1.165, 1.54) is 23.9 Å². The maximum Gasteiger partial charge on any atom is 0.307 e. The van der Waals surface area contributed by atoms with Crippen molar-refractivity contribution in [3.63, 3.8) is 0 Å². The number of carbonyl (C=O) groups is 2. The minimum atomic E-state index is -3.87. The van der Waals surface area contributed by atoms with Crippen LogP contribution < -0.4 is 9.94 Å². The minimum absolute atomic E-state index is 0.0312. The number of aryl methyl sites for hydroxylation is 1. The van der Waals surface area contributed by atoms with Crippen molar-refractivity contribution in [3.05, 3.63) is 53.3 Å². The Balaban J connectivity index is 1.94. The summed E-state index contributed by atoms with van der Waals surface area (Å²) in [4.78, 5) is 29.8. The van der Waals surface area contributed by atoms with Crippen LogP contribution in [-0.2, 0) is 30.9 Å². The van der Waals surface area contributed by atoms with Crippen LogP contribution in [-0.4, -0.2) is 37.2 Å². The quantitative estimate of drug-likeness (QED) is 0.391. The standard InChI is InChI=1S/C20H21N3O5S3/c1-2-28-19(25)10-11-23-16-9-8-15(31(21,26)27)12-17(16)30-20(23)22-18(24)13-29-14-6-4-3-5-7-14/h3-9,12H,2,10-11,13H2,1H3,(H2,21,26,27). The molecule has 0 atom stereocenters. The zero-order valence-corrected chi connectivity index (χ0v) is 19.1. The minimum Gasteiger partial charge on any atom is -0.466 e. The molecule has 11 heteroatoms. The molecule has 0 unspecified atom stereocenters. The third-order valence-electron chi connectivity index (χ3n) is 4.15. The van der Waals surface area contributed by atoms with E-state index < -0.39 is 10.0 Å². The largest absolute Gasteiger partial charge is 0.466 e. The van der Waals surface area contributed by atoms with Gasteiger partial charge in [-0.15, -0.1) is 11.8 Å². The van der Waals surface area contributed by atoms with E-state index in [0.717, 1.165) is 16.2 Å². The van der Waals surface area contributed by atoms with Crippen LogP contribution in [0.3, 0.4) is 0 Å². The molecule has 0 fully saturated rings. The summed E-state index contributed by atoms with van der Waals surface area (Å²) < 4.78 is 30.7. The van der Waals surface area contributed by atoms with Crippen molar-refractivity contribution in [2.24, 2.45) is 10.1 Å². The van der Waals surface area contributed by atoms with Gasteiger partial charge >= 0.3 is 5.97 Å². The van der Waals surface area contributed by atoms with E-state index in [-0.39, 0.29) is 42.1 Å². The predicted octanol–water partition coefficient (Wildman–Crippen LogP) is 2.52. The maximum atomic E-state index is 12.5. The molecule has 3 rings (SSSR count). The van der Waals surface area contributed by atoms with Gasteiger partial charge in [-0.2, -0.15) is 4.99 Å². The Bertz CT molecular complexity index is 1260. The monoisotopic (exact) mass is 479 g/mol. The molecule has 1 heterocycles. The first-order chi connectivity index (χ1) is 14.8. The molecule has 0 aliphatic heterocycles. The molecule has 1 aromatic heterocycles. The number of rotatable bonds is 8. The van der Waals surface area contributed by atoms with Crippen LogP contribution in [0.25, 0.3) is 10.2 Å². The van der Waals surface area contributed by atoms with Gasteiger partial charge in [-0.25, -0.2) is 13.6 Å². The van der Waals surface area contributed by atoms with E-state index in [9.17, 15) is 18.0 Å². The molecule has 0 aliphatic carbocycles. The topological polar surface area (TPSA) is 121 Å². The van der Waals surface area contributed by atoms with Gasteiger partial charge < -0.3 is 9.30 Å². The van der Waals surface area contributed by atoms with E-state index in [4.69, 9.17) is 9.88 Å². The molecular formula is C20H21N3O5S3. The van der Waals surface area contributed by atoms with Crippen molar-refractivity contribution in [2.75, 3.05) is 12.4 Å². The van der Waals surface area contributed by atoms with Crippen molar-refractivity contribution in [3.8, 4) is 0 Å². The fourth-order valence-corrected chi connectivity index (χ4v) is 5.20. The molecule has 0 radical (unpaired) electrons. The molecule has 0 saturated heterocycles. The lowest BCUT2D eigenvalue weighted by atomic mass is 10.3. The number of hydrogen-bond donors (Lipinski definition) is 1. The summed E-state index contributed by atoms with van der Waals surface area (Å²) in [5.74, 6) is -0.553. The molecule has 0 spiro atoms. The Morgan fingerprint density at radius 3 is 2.61 bits per heavy atom. The number of amides is 1.